The number of ether oxygens (including phenoxy) is 1. The van der Waals surface area contributed by atoms with E-state index in [1.807, 2.05) is 37.1 Å². The molecule has 1 aromatic carbocycles. The van der Waals surface area contributed by atoms with Gasteiger partial charge in [-0.05, 0) is 44.4 Å². The number of fused-ring (bicyclic) bond motifs is 2. The third-order valence-corrected chi connectivity index (χ3v) is 6.19. The molecule has 1 aromatic heterocycles. The monoisotopic (exact) mass is 400 g/mol. The Morgan fingerprint density at radius 3 is 2.59 bits per heavy atom. The van der Waals surface area contributed by atoms with Crippen LogP contribution < -0.4 is 0 Å². The zero-order valence-electron chi connectivity index (χ0n) is 17.2. The highest BCUT2D eigenvalue weighted by Crippen LogP contribution is 2.40. The number of piperidine rings is 1. The van der Waals surface area contributed by atoms with Gasteiger partial charge in [-0.2, -0.15) is 0 Å². The first-order valence-corrected chi connectivity index (χ1v) is 10.5. The molecule has 156 valence electrons. The molecule has 1 unspecified atom stereocenters. The lowest BCUT2D eigenvalue weighted by atomic mass is 9.88. The summed E-state index contributed by atoms with van der Waals surface area (Å²) in [6.07, 6.45) is 4.85. The van der Waals surface area contributed by atoms with Crippen LogP contribution in [0.3, 0.4) is 0 Å². The highest BCUT2D eigenvalue weighted by atomic mass is 19.1. The van der Waals surface area contributed by atoms with Crippen molar-refractivity contribution in [3.8, 4) is 0 Å². The summed E-state index contributed by atoms with van der Waals surface area (Å²) in [5, 5.41) is 0. The smallest absolute Gasteiger partial charge is 0.253 e. The predicted octanol–water partition coefficient (Wildman–Crippen LogP) is 2.78. The van der Waals surface area contributed by atoms with Crippen molar-refractivity contribution in [1.82, 2.24) is 19.4 Å². The third kappa shape index (κ3) is 3.94. The van der Waals surface area contributed by atoms with E-state index in [2.05, 4.69) is 14.5 Å². The number of hydrogen-bond acceptors (Lipinski definition) is 4. The lowest BCUT2D eigenvalue weighted by Gasteiger charge is -2.46. The molecule has 1 amide bonds. The van der Waals surface area contributed by atoms with Crippen molar-refractivity contribution in [2.45, 2.75) is 51.5 Å². The number of hydrogen-bond donors (Lipinski definition) is 0. The minimum absolute atomic E-state index is 0.0578. The van der Waals surface area contributed by atoms with Crippen molar-refractivity contribution in [3.63, 3.8) is 0 Å². The van der Waals surface area contributed by atoms with Crippen LogP contribution >= 0.6 is 0 Å². The van der Waals surface area contributed by atoms with Crippen molar-refractivity contribution in [3.05, 3.63) is 53.9 Å². The number of carbonyl (C=O) groups excluding carboxylic acids is 1. The van der Waals surface area contributed by atoms with Gasteiger partial charge in [0.25, 0.3) is 5.91 Å². The van der Waals surface area contributed by atoms with E-state index in [4.69, 9.17) is 4.74 Å². The molecule has 1 fully saturated rings. The van der Waals surface area contributed by atoms with E-state index < -0.39 is 11.7 Å². The normalized spacial score (nSPS) is 21.1. The van der Waals surface area contributed by atoms with Crippen LogP contribution in [0.4, 0.5) is 4.39 Å². The molecule has 0 aliphatic carbocycles. The number of amides is 1. The number of carbonyl (C=O) groups is 1. The Kier molecular flexibility index (Phi) is 5.69. The van der Waals surface area contributed by atoms with E-state index in [0.717, 1.165) is 43.9 Å². The first-order valence-electron chi connectivity index (χ1n) is 10.5. The van der Waals surface area contributed by atoms with Crippen LogP contribution in [0, 0.1) is 5.82 Å². The lowest BCUT2D eigenvalue weighted by molar-refractivity contribution is -0.181. The Labute approximate surface area is 171 Å². The van der Waals surface area contributed by atoms with E-state index in [9.17, 15) is 9.18 Å². The third-order valence-electron chi connectivity index (χ3n) is 6.19. The zero-order valence-corrected chi connectivity index (χ0v) is 17.2. The van der Waals surface area contributed by atoms with Crippen molar-refractivity contribution < 1.29 is 13.9 Å². The maximum absolute atomic E-state index is 13.2. The maximum atomic E-state index is 13.2. The average Bonchev–Trinajstić information content (AvgIpc) is 3.22. The molecule has 3 heterocycles. The van der Waals surface area contributed by atoms with E-state index in [0.29, 0.717) is 19.6 Å². The summed E-state index contributed by atoms with van der Waals surface area (Å²) in [7, 11) is 0. The molecule has 7 heteroatoms. The zero-order chi connectivity index (χ0) is 20.4. The minimum atomic E-state index is -0.519. The standard InChI is InChI=1S/C22H29FN4O2/c1-3-26(4-2)20(28)19-16-27-14-11-24-21(27)22(29-19)9-12-25(13-10-22)15-17-5-7-18(23)8-6-17/h5-8,11,14,19H,3-4,9-10,12-13,15-16H2,1-2H3. The van der Waals surface area contributed by atoms with Crippen molar-refractivity contribution in [1.29, 1.82) is 0 Å². The van der Waals surface area contributed by atoms with Gasteiger partial charge in [0.2, 0.25) is 0 Å². The minimum Gasteiger partial charge on any atom is -0.352 e. The second-order valence-electron chi connectivity index (χ2n) is 7.92. The number of likely N-dealkylation sites (N-methyl/N-ethyl adjacent to an activating group) is 1. The van der Waals surface area contributed by atoms with Crippen LogP contribution in [0.15, 0.2) is 36.7 Å². The van der Waals surface area contributed by atoms with Crippen LogP contribution in [0.5, 0.6) is 0 Å². The number of halogens is 1. The summed E-state index contributed by atoms with van der Waals surface area (Å²) in [5.41, 5.74) is 0.581. The fourth-order valence-corrected chi connectivity index (χ4v) is 4.53. The van der Waals surface area contributed by atoms with Gasteiger partial charge < -0.3 is 14.2 Å². The number of imidazole rings is 1. The summed E-state index contributed by atoms with van der Waals surface area (Å²) in [5.74, 6) is 0.780. The molecule has 1 saturated heterocycles. The highest BCUT2D eigenvalue weighted by molar-refractivity contribution is 5.81. The van der Waals surface area contributed by atoms with Crippen molar-refractivity contribution in [2.75, 3.05) is 26.2 Å². The summed E-state index contributed by atoms with van der Waals surface area (Å²) in [6, 6.07) is 6.68. The fraction of sp³-hybridized carbons (Fsp3) is 0.545. The quantitative estimate of drug-likeness (QED) is 0.775. The SMILES string of the molecule is CCN(CC)C(=O)C1Cn2ccnc2C2(CCN(Cc3ccc(F)cc3)CC2)O1. The van der Waals surface area contributed by atoms with E-state index in [-0.39, 0.29) is 11.7 Å². The van der Waals surface area contributed by atoms with Crippen molar-refractivity contribution in [2.24, 2.45) is 0 Å². The van der Waals surface area contributed by atoms with Crippen molar-refractivity contribution >= 4 is 5.91 Å². The summed E-state index contributed by atoms with van der Waals surface area (Å²) >= 11 is 0. The van der Waals surface area contributed by atoms with E-state index in [1.165, 1.54) is 12.1 Å². The largest absolute Gasteiger partial charge is 0.352 e. The maximum Gasteiger partial charge on any atom is 0.253 e. The van der Waals surface area contributed by atoms with Crippen LogP contribution in [-0.2, 0) is 28.2 Å². The summed E-state index contributed by atoms with van der Waals surface area (Å²) in [4.78, 5) is 21.8. The Morgan fingerprint density at radius 2 is 1.93 bits per heavy atom. The van der Waals surface area contributed by atoms with Gasteiger partial charge in [-0.15, -0.1) is 0 Å². The number of rotatable bonds is 5. The second kappa shape index (κ2) is 8.24. The van der Waals surface area contributed by atoms with Gasteiger partial charge in [0.15, 0.2) is 6.10 Å². The molecule has 1 atom stereocenters. The van der Waals surface area contributed by atoms with Gasteiger partial charge in [-0.25, -0.2) is 9.37 Å². The topological polar surface area (TPSA) is 50.6 Å². The molecular weight excluding hydrogens is 371 g/mol. The van der Waals surface area contributed by atoms with Crippen LogP contribution in [0.2, 0.25) is 0 Å². The number of nitrogens with zero attached hydrogens (tertiary/aromatic N) is 4. The Balaban J connectivity index is 1.48. The van der Waals surface area contributed by atoms with Gasteiger partial charge >= 0.3 is 0 Å². The van der Waals surface area contributed by atoms with Gasteiger partial charge in [0.1, 0.15) is 17.2 Å². The molecule has 0 N–H and O–H groups in total. The molecule has 2 aromatic rings. The van der Waals surface area contributed by atoms with E-state index >= 15 is 0 Å². The second-order valence-corrected chi connectivity index (χ2v) is 7.92. The molecule has 2 aliphatic heterocycles. The molecule has 29 heavy (non-hydrogen) atoms. The van der Waals surface area contributed by atoms with Crippen LogP contribution in [0.25, 0.3) is 0 Å². The molecule has 6 nitrogen and oxygen atoms in total. The fourth-order valence-electron chi connectivity index (χ4n) is 4.53. The summed E-state index contributed by atoms with van der Waals surface area (Å²) in [6.45, 7) is 8.35. The molecule has 0 bridgehead atoms. The summed E-state index contributed by atoms with van der Waals surface area (Å²) < 4.78 is 21.8. The molecule has 4 rings (SSSR count). The van der Waals surface area contributed by atoms with Crippen LogP contribution in [-0.4, -0.2) is 57.5 Å². The van der Waals surface area contributed by atoms with Gasteiger partial charge in [-0.1, -0.05) is 12.1 Å². The number of aromatic nitrogens is 2. The molecule has 1 spiro atoms. The van der Waals surface area contributed by atoms with Crippen LogP contribution in [0.1, 0.15) is 38.1 Å². The number of benzene rings is 1. The van der Waals surface area contributed by atoms with Gasteiger partial charge in [0, 0.05) is 45.1 Å². The van der Waals surface area contributed by atoms with E-state index in [1.54, 1.807) is 6.20 Å². The van der Waals surface area contributed by atoms with Gasteiger partial charge in [-0.3, -0.25) is 9.69 Å². The average molecular weight is 400 g/mol. The molecule has 0 radical (unpaired) electrons. The predicted molar refractivity (Wildman–Crippen MR) is 108 cm³/mol. The highest BCUT2D eigenvalue weighted by Gasteiger charge is 2.47. The Bertz CT molecular complexity index is 839. The Hall–Kier alpha value is -2.25. The molecule has 2 aliphatic rings. The first kappa shape index (κ1) is 20.0. The van der Waals surface area contributed by atoms with Gasteiger partial charge in [0.05, 0.1) is 6.54 Å². The molecular formula is C22H29FN4O2. The Morgan fingerprint density at radius 1 is 1.24 bits per heavy atom. The lowest BCUT2D eigenvalue weighted by Crippen LogP contribution is -2.54. The number of likely N-dealkylation sites (tertiary alicyclic amines) is 1. The first-order chi connectivity index (χ1) is 14.0. The molecule has 0 saturated carbocycles.